The van der Waals surface area contributed by atoms with E-state index < -0.39 is 0 Å². The molecule has 0 aromatic heterocycles. The Morgan fingerprint density at radius 2 is 1.11 bits per heavy atom. The van der Waals surface area contributed by atoms with Crippen LogP contribution in [0.25, 0.3) is 0 Å². The van der Waals surface area contributed by atoms with Crippen molar-refractivity contribution < 1.29 is 9.47 Å². The van der Waals surface area contributed by atoms with Gasteiger partial charge in [0.25, 0.3) is 0 Å². The van der Waals surface area contributed by atoms with Gasteiger partial charge >= 0.3 is 0 Å². The van der Waals surface area contributed by atoms with E-state index in [1.54, 1.807) is 36.4 Å². The third-order valence-corrected chi connectivity index (χ3v) is 2.50. The largest absolute Gasteiger partial charge is 0.455 e. The molecule has 0 aliphatic rings. The molecule has 0 heterocycles. The molecule has 0 saturated heterocycles. The van der Waals surface area contributed by atoms with Crippen molar-refractivity contribution >= 4 is 22.7 Å². The zero-order chi connectivity index (χ0) is 13.8. The Hall–Kier alpha value is -2.76. The molecular weight excluding hydrogens is 244 g/mol. The highest BCUT2D eigenvalue weighted by molar-refractivity contribution is 5.61. The van der Waals surface area contributed by atoms with Gasteiger partial charge in [0.1, 0.15) is 11.5 Å². The monoisotopic (exact) mass is 260 g/mol. The maximum absolute atomic E-state index is 5.75. The second-order valence-electron chi connectivity index (χ2n) is 4.00. The van der Waals surface area contributed by atoms with E-state index in [0.29, 0.717) is 34.2 Å². The lowest BCUT2D eigenvalue weighted by molar-refractivity contribution is 0.121. The first kappa shape index (κ1) is 12.7. The average molecular weight is 260 g/mol. The van der Waals surface area contributed by atoms with E-state index >= 15 is 0 Å². The molecule has 0 atom stereocenters. The van der Waals surface area contributed by atoms with Gasteiger partial charge in [-0.2, -0.15) is 0 Å². The van der Waals surface area contributed by atoms with Gasteiger partial charge in [-0.3, -0.25) is 0 Å². The SMILES string of the molecule is Nc1ccc(OCOc2ccc(N)cc2N)c(N)c1. The number of hydrogen-bond donors (Lipinski definition) is 4. The fourth-order valence-corrected chi connectivity index (χ4v) is 1.55. The van der Waals surface area contributed by atoms with E-state index in [1.165, 1.54) is 0 Å². The predicted molar refractivity (Wildman–Crippen MR) is 76.7 cm³/mol. The molecule has 0 radical (unpaired) electrons. The minimum atomic E-state index is -0.0117. The molecule has 2 aromatic carbocycles. The van der Waals surface area contributed by atoms with Crippen LogP contribution in [0.4, 0.5) is 22.7 Å². The number of nitrogens with two attached hydrogens (primary N) is 4. The molecule has 6 heteroatoms. The fourth-order valence-electron chi connectivity index (χ4n) is 1.55. The second-order valence-corrected chi connectivity index (χ2v) is 4.00. The standard InChI is InChI=1S/C13H16N4O2/c14-8-1-3-12(10(16)5-8)18-7-19-13-4-2-9(15)6-11(13)17/h1-6H,7,14-17H2. The predicted octanol–water partition coefficient (Wildman–Crippen LogP) is 1.43. The van der Waals surface area contributed by atoms with Crippen LogP contribution in [0.2, 0.25) is 0 Å². The molecule has 0 aliphatic heterocycles. The van der Waals surface area contributed by atoms with Crippen LogP contribution in [-0.2, 0) is 0 Å². The van der Waals surface area contributed by atoms with Crippen LogP contribution in [0.15, 0.2) is 36.4 Å². The van der Waals surface area contributed by atoms with Crippen molar-refractivity contribution in [3.05, 3.63) is 36.4 Å². The van der Waals surface area contributed by atoms with Crippen molar-refractivity contribution in [3.8, 4) is 11.5 Å². The van der Waals surface area contributed by atoms with Crippen molar-refractivity contribution in [1.29, 1.82) is 0 Å². The van der Waals surface area contributed by atoms with Gasteiger partial charge < -0.3 is 32.4 Å². The summed E-state index contributed by atoms with van der Waals surface area (Å²) in [7, 11) is 0. The van der Waals surface area contributed by atoms with Gasteiger partial charge in [-0.15, -0.1) is 0 Å². The van der Waals surface area contributed by atoms with Crippen LogP contribution in [0, 0.1) is 0 Å². The van der Waals surface area contributed by atoms with Crippen molar-refractivity contribution in [1.82, 2.24) is 0 Å². The summed E-state index contributed by atoms with van der Waals surface area (Å²) in [5, 5.41) is 0. The minimum Gasteiger partial charge on any atom is -0.455 e. The summed E-state index contributed by atoms with van der Waals surface area (Å²) >= 11 is 0. The highest BCUT2D eigenvalue weighted by Crippen LogP contribution is 2.26. The molecule has 0 amide bonds. The van der Waals surface area contributed by atoms with Gasteiger partial charge in [-0.25, -0.2) is 0 Å². The highest BCUT2D eigenvalue weighted by Gasteiger charge is 2.03. The topological polar surface area (TPSA) is 123 Å². The lowest BCUT2D eigenvalue weighted by Crippen LogP contribution is -2.08. The van der Waals surface area contributed by atoms with Crippen LogP contribution in [0.3, 0.4) is 0 Å². The van der Waals surface area contributed by atoms with Crippen molar-refractivity contribution in [2.45, 2.75) is 0 Å². The van der Waals surface area contributed by atoms with Crippen molar-refractivity contribution in [2.75, 3.05) is 29.7 Å². The summed E-state index contributed by atoms with van der Waals surface area (Å²) in [6.45, 7) is -0.0117. The van der Waals surface area contributed by atoms with E-state index in [9.17, 15) is 0 Å². The Labute approximate surface area is 110 Å². The molecule has 6 nitrogen and oxygen atoms in total. The second kappa shape index (κ2) is 5.26. The van der Waals surface area contributed by atoms with Gasteiger partial charge in [0.2, 0.25) is 6.79 Å². The fraction of sp³-hybridized carbons (Fsp3) is 0.0769. The van der Waals surface area contributed by atoms with Crippen LogP contribution in [0.1, 0.15) is 0 Å². The van der Waals surface area contributed by atoms with Gasteiger partial charge in [0.15, 0.2) is 0 Å². The molecule has 0 fully saturated rings. The number of rotatable bonds is 4. The third-order valence-electron chi connectivity index (χ3n) is 2.50. The van der Waals surface area contributed by atoms with Crippen LogP contribution in [-0.4, -0.2) is 6.79 Å². The summed E-state index contributed by atoms with van der Waals surface area (Å²) < 4.78 is 10.8. The summed E-state index contributed by atoms with van der Waals surface area (Å²) in [4.78, 5) is 0. The van der Waals surface area contributed by atoms with E-state index in [2.05, 4.69) is 0 Å². The number of nitrogen functional groups attached to an aromatic ring is 4. The Kier molecular flexibility index (Phi) is 3.51. The molecule has 8 N–H and O–H groups in total. The van der Waals surface area contributed by atoms with Gasteiger partial charge in [-0.1, -0.05) is 0 Å². The van der Waals surface area contributed by atoms with Gasteiger partial charge in [0, 0.05) is 11.4 Å². The molecule has 2 rings (SSSR count). The van der Waals surface area contributed by atoms with E-state index in [1.807, 2.05) is 0 Å². The number of benzene rings is 2. The first-order valence-corrected chi connectivity index (χ1v) is 5.62. The molecule has 100 valence electrons. The first-order valence-electron chi connectivity index (χ1n) is 5.62. The third kappa shape index (κ3) is 3.12. The maximum Gasteiger partial charge on any atom is 0.231 e. The minimum absolute atomic E-state index is 0.0117. The molecular formula is C13H16N4O2. The number of anilines is 4. The zero-order valence-corrected chi connectivity index (χ0v) is 10.3. The van der Waals surface area contributed by atoms with E-state index in [-0.39, 0.29) is 6.79 Å². The Morgan fingerprint density at radius 3 is 1.47 bits per heavy atom. The van der Waals surface area contributed by atoms with Crippen molar-refractivity contribution in [2.24, 2.45) is 0 Å². The van der Waals surface area contributed by atoms with Crippen LogP contribution in [0.5, 0.6) is 11.5 Å². The van der Waals surface area contributed by atoms with Crippen LogP contribution >= 0.6 is 0 Å². The lowest BCUT2D eigenvalue weighted by atomic mass is 10.2. The summed E-state index contributed by atoms with van der Waals surface area (Å²) in [6, 6.07) is 9.99. The van der Waals surface area contributed by atoms with Crippen molar-refractivity contribution in [3.63, 3.8) is 0 Å². The summed E-state index contributed by atoms with van der Waals surface area (Å²) in [5.74, 6) is 1.01. The number of ether oxygens (including phenoxy) is 2. The zero-order valence-electron chi connectivity index (χ0n) is 10.3. The molecule has 0 bridgehead atoms. The highest BCUT2D eigenvalue weighted by atomic mass is 16.7. The van der Waals surface area contributed by atoms with E-state index in [0.717, 1.165) is 0 Å². The Morgan fingerprint density at radius 1 is 0.684 bits per heavy atom. The number of hydrogen-bond acceptors (Lipinski definition) is 6. The van der Waals surface area contributed by atoms with Gasteiger partial charge in [0.05, 0.1) is 11.4 Å². The smallest absolute Gasteiger partial charge is 0.231 e. The quantitative estimate of drug-likeness (QED) is 0.487. The molecule has 0 aliphatic carbocycles. The van der Waals surface area contributed by atoms with E-state index in [4.69, 9.17) is 32.4 Å². The summed E-state index contributed by atoms with van der Waals surface area (Å²) in [5.41, 5.74) is 24.7. The normalized spacial score (nSPS) is 10.1. The lowest BCUT2D eigenvalue weighted by Gasteiger charge is -2.12. The molecule has 0 saturated carbocycles. The summed E-state index contributed by atoms with van der Waals surface area (Å²) in [6.07, 6.45) is 0. The first-order chi connectivity index (χ1) is 9.06. The van der Waals surface area contributed by atoms with Crippen LogP contribution < -0.4 is 32.4 Å². The van der Waals surface area contributed by atoms with Gasteiger partial charge in [-0.05, 0) is 36.4 Å². The molecule has 0 unspecified atom stereocenters. The maximum atomic E-state index is 5.75. The Balaban J connectivity index is 1.96. The average Bonchev–Trinajstić information content (AvgIpc) is 2.34. The Bertz CT molecular complexity index is 535. The molecule has 0 spiro atoms. The molecule has 2 aromatic rings. The molecule has 19 heavy (non-hydrogen) atoms.